The molecule has 114 valence electrons. The predicted octanol–water partition coefficient (Wildman–Crippen LogP) is 4.03. The zero-order valence-electron chi connectivity index (χ0n) is 11.9. The Hall–Kier alpha value is -1.82. The molecular weight excluding hydrogens is 281 g/mol. The van der Waals surface area contributed by atoms with Crippen LogP contribution >= 0.6 is 0 Å². The summed E-state index contributed by atoms with van der Waals surface area (Å²) >= 11 is 0. The summed E-state index contributed by atoms with van der Waals surface area (Å²) in [6.45, 7) is 3.74. The average molecular weight is 298 g/mol. The van der Waals surface area contributed by atoms with Crippen molar-refractivity contribution in [3.05, 3.63) is 47.3 Å². The SMILES string of the molecule is CCCC(O)c1cn(-c2ccc(C(F)(F)F)cc2)nc1C. The van der Waals surface area contributed by atoms with E-state index in [1.54, 1.807) is 13.1 Å². The Labute approximate surface area is 121 Å². The first-order chi connectivity index (χ1) is 9.82. The van der Waals surface area contributed by atoms with Gasteiger partial charge in [-0.05, 0) is 37.6 Å². The maximum atomic E-state index is 12.5. The van der Waals surface area contributed by atoms with Crippen LogP contribution in [0.3, 0.4) is 0 Å². The van der Waals surface area contributed by atoms with Crippen LogP contribution < -0.4 is 0 Å². The van der Waals surface area contributed by atoms with Crippen molar-refractivity contribution in [1.82, 2.24) is 9.78 Å². The maximum absolute atomic E-state index is 12.5. The normalized spacial score (nSPS) is 13.4. The van der Waals surface area contributed by atoms with Crippen molar-refractivity contribution in [2.24, 2.45) is 0 Å². The summed E-state index contributed by atoms with van der Waals surface area (Å²) in [7, 11) is 0. The van der Waals surface area contributed by atoms with Gasteiger partial charge >= 0.3 is 6.18 Å². The van der Waals surface area contributed by atoms with Gasteiger partial charge < -0.3 is 5.11 Å². The molecule has 6 heteroatoms. The van der Waals surface area contributed by atoms with Gasteiger partial charge in [-0.15, -0.1) is 0 Å². The van der Waals surface area contributed by atoms with E-state index in [0.717, 1.165) is 18.6 Å². The van der Waals surface area contributed by atoms with E-state index < -0.39 is 17.8 Å². The van der Waals surface area contributed by atoms with Gasteiger partial charge in [0.05, 0.1) is 23.0 Å². The Bertz CT molecular complexity index is 602. The number of hydrogen-bond acceptors (Lipinski definition) is 2. The first-order valence-electron chi connectivity index (χ1n) is 6.74. The van der Waals surface area contributed by atoms with Gasteiger partial charge in [-0.1, -0.05) is 13.3 Å². The molecule has 0 radical (unpaired) electrons. The number of alkyl halides is 3. The largest absolute Gasteiger partial charge is 0.416 e. The highest BCUT2D eigenvalue weighted by Gasteiger charge is 2.30. The number of aliphatic hydroxyl groups is 1. The van der Waals surface area contributed by atoms with Gasteiger partial charge in [0.25, 0.3) is 0 Å². The van der Waals surface area contributed by atoms with E-state index in [-0.39, 0.29) is 0 Å². The predicted molar refractivity (Wildman–Crippen MR) is 73.2 cm³/mol. The van der Waals surface area contributed by atoms with E-state index in [0.29, 0.717) is 23.4 Å². The fourth-order valence-corrected chi connectivity index (χ4v) is 2.16. The Morgan fingerprint density at radius 1 is 1.24 bits per heavy atom. The van der Waals surface area contributed by atoms with Crippen molar-refractivity contribution < 1.29 is 18.3 Å². The molecule has 0 aliphatic carbocycles. The molecule has 1 aromatic heterocycles. The molecule has 1 unspecified atom stereocenters. The van der Waals surface area contributed by atoms with Gasteiger partial charge in [0.1, 0.15) is 0 Å². The van der Waals surface area contributed by atoms with Gasteiger partial charge in [-0.3, -0.25) is 0 Å². The number of benzene rings is 1. The quantitative estimate of drug-likeness (QED) is 0.925. The number of rotatable bonds is 4. The molecule has 0 saturated carbocycles. The molecule has 2 rings (SSSR count). The molecule has 0 spiro atoms. The third-order valence-electron chi connectivity index (χ3n) is 3.32. The Morgan fingerprint density at radius 3 is 2.38 bits per heavy atom. The smallest absolute Gasteiger partial charge is 0.388 e. The first-order valence-corrected chi connectivity index (χ1v) is 6.74. The van der Waals surface area contributed by atoms with Crippen LogP contribution in [0.4, 0.5) is 13.2 Å². The zero-order chi connectivity index (χ0) is 15.6. The first kappa shape index (κ1) is 15.6. The van der Waals surface area contributed by atoms with E-state index in [4.69, 9.17) is 0 Å². The lowest BCUT2D eigenvalue weighted by molar-refractivity contribution is -0.137. The van der Waals surface area contributed by atoms with Crippen LogP contribution in [-0.4, -0.2) is 14.9 Å². The highest BCUT2D eigenvalue weighted by Crippen LogP contribution is 2.30. The van der Waals surface area contributed by atoms with Gasteiger partial charge in [-0.25, -0.2) is 4.68 Å². The molecule has 1 aromatic carbocycles. The molecule has 0 aliphatic heterocycles. The molecule has 2 aromatic rings. The molecular formula is C15H17F3N2O. The van der Waals surface area contributed by atoms with Crippen LogP contribution in [0.5, 0.6) is 0 Å². The minimum atomic E-state index is -4.35. The second kappa shape index (κ2) is 5.89. The van der Waals surface area contributed by atoms with Gasteiger partial charge in [0.2, 0.25) is 0 Å². The van der Waals surface area contributed by atoms with Gasteiger partial charge in [-0.2, -0.15) is 18.3 Å². The summed E-state index contributed by atoms with van der Waals surface area (Å²) in [6.07, 6.45) is -1.82. The minimum absolute atomic E-state index is 0.529. The van der Waals surface area contributed by atoms with Crippen LogP contribution in [0.15, 0.2) is 30.5 Å². The lowest BCUT2D eigenvalue weighted by atomic mass is 10.1. The van der Waals surface area contributed by atoms with Crippen LogP contribution in [-0.2, 0) is 6.18 Å². The van der Waals surface area contributed by atoms with E-state index in [9.17, 15) is 18.3 Å². The molecule has 0 bridgehead atoms. The summed E-state index contributed by atoms with van der Waals surface area (Å²) in [5, 5.41) is 14.3. The monoisotopic (exact) mass is 298 g/mol. The van der Waals surface area contributed by atoms with Crippen molar-refractivity contribution in [3.8, 4) is 5.69 Å². The third-order valence-corrected chi connectivity index (χ3v) is 3.32. The van der Waals surface area contributed by atoms with Crippen LogP contribution in [0.2, 0.25) is 0 Å². The van der Waals surface area contributed by atoms with Gasteiger partial charge in [0.15, 0.2) is 0 Å². The van der Waals surface area contributed by atoms with Crippen molar-refractivity contribution in [2.45, 2.75) is 39.0 Å². The van der Waals surface area contributed by atoms with E-state index in [2.05, 4.69) is 5.10 Å². The fourth-order valence-electron chi connectivity index (χ4n) is 2.16. The Kier molecular flexibility index (Phi) is 4.37. The number of aliphatic hydroxyl groups excluding tert-OH is 1. The van der Waals surface area contributed by atoms with Crippen LogP contribution in [0.1, 0.15) is 42.7 Å². The van der Waals surface area contributed by atoms with Crippen molar-refractivity contribution in [1.29, 1.82) is 0 Å². The second-order valence-electron chi connectivity index (χ2n) is 4.96. The minimum Gasteiger partial charge on any atom is -0.388 e. The maximum Gasteiger partial charge on any atom is 0.416 e. The number of aryl methyl sites for hydroxylation is 1. The van der Waals surface area contributed by atoms with E-state index in [1.807, 2.05) is 6.92 Å². The van der Waals surface area contributed by atoms with Crippen molar-refractivity contribution in [2.75, 3.05) is 0 Å². The molecule has 0 amide bonds. The molecule has 1 heterocycles. The molecule has 3 nitrogen and oxygen atoms in total. The highest BCUT2D eigenvalue weighted by atomic mass is 19.4. The summed E-state index contributed by atoms with van der Waals surface area (Å²) in [4.78, 5) is 0. The summed E-state index contributed by atoms with van der Waals surface area (Å²) in [5.74, 6) is 0. The summed E-state index contributed by atoms with van der Waals surface area (Å²) in [6, 6.07) is 4.78. The molecule has 1 N–H and O–H groups in total. The lowest BCUT2D eigenvalue weighted by Crippen LogP contribution is -2.05. The number of nitrogens with zero attached hydrogens (tertiary/aromatic N) is 2. The Morgan fingerprint density at radius 2 is 1.86 bits per heavy atom. The zero-order valence-corrected chi connectivity index (χ0v) is 11.9. The number of aromatic nitrogens is 2. The van der Waals surface area contributed by atoms with E-state index in [1.165, 1.54) is 16.8 Å². The number of hydrogen-bond donors (Lipinski definition) is 1. The number of halogens is 3. The van der Waals surface area contributed by atoms with Crippen LogP contribution in [0.25, 0.3) is 5.69 Å². The molecule has 21 heavy (non-hydrogen) atoms. The second-order valence-corrected chi connectivity index (χ2v) is 4.96. The lowest BCUT2D eigenvalue weighted by Gasteiger charge is -2.08. The topological polar surface area (TPSA) is 38.0 Å². The highest BCUT2D eigenvalue weighted by molar-refractivity contribution is 5.36. The van der Waals surface area contributed by atoms with Crippen molar-refractivity contribution >= 4 is 0 Å². The van der Waals surface area contributed by atoms with E-state index >= 15 is 0 Å². The molecule has 0 saturated heterocycles. The fraction of sp³-hybridized carbons (Fsp3) is 0.400. The average Bonchev–Trinajstić information content (AvgIpc) is 2.80. The summed E-state index contributed by atoms with van der Waals surface area (Å²) in [5.41, 5.74) is 1.22. The van der Waals surface area contributed by atoms with Crippen molar-refractivity contribution in [3.63, 3.8) is 0 Å². The van der Waals surface area contributed by atoms with Gasteiger partial charge in [0, 0.05) is 11.8 Å². The summed E-state index contributed by atoms with van der Waals surface area (Å²) < 4.78 is 39.1. The standard InChI is InChI=1S/C15H17F3N2O/c1-3-4-14(21)13-9-20(19-10(13)2)12-7-5-11(6-8-12)15(16,17)18/h5-9,14,21H,3-4H2,1-2H3. The molecule has 0 aliphatic rings. The molecule has 0 fully saturated rings. The third kappa shape index (κ3) is 3.44. The Balaban J connectivity index is 2.29. The van der Waals surface area contributed by atoms with Crippen LogP contribution in [0, 0.1) is 6.92 Å². The molecule has 1 atom stereocenters.